The second-order valence-electron chi connectivity index (χ2n) is 7.08. The highest BCUT2D eigenvalue weighted by molar-refractivity contribution is 5.49. The number of allylic oxidation sites excluding steroid dienone is 1. The van der Waals surface area contributed by atoms with E-state index in [1.165, 1.54) is 0 Å². The summed E-state index contributed by atoms with van der Waals surface area (Å²) in [6.07, 6.45) is 6.16. The number of nitrogens with zero attached hydrogens (tertiary/aromatic N) is 2. The summed E-state index contributed by atoms with van der Waals surface area (Å²) in [6, 6.07) is 23.6. The first-order valence-electron chi connectivity index (χ1n) is 9.66. The average Bonchev–Trinajstić information content (AvgIpc) is 2.75. The van der Waals surface area contributed by atoms with Crippen LogP contribution >= 0.6 is 0 Å². The predicted molar refractivity (Wildman–Crippen MR) is 115 cm³/mol. The van der Waals surface area contributed by atoms with Crippen LogP contribution in [0.1, 0.15) is 22.3 Å². The second-order valence-corrected chi connectivity index (χ2v) is 7.08. The Kier molecular flexibility index (Phi) is 5.25. The molecule has 4 aromatic rings. The van der Waals surface area contributed by atoms with Gasteiger partial charge in [-0.3, -0.25) is 0 Å². The fourth-order valence-corrected chi connectivity index (χ4v) is 3.61. The molecule has 0 aliphatic rings. The lowest BCUT2D eigenvalue weighted by atomic mass is 10.1. The van der Waals surface area contributed by atoms with E-state index in [2.05, 4.69) is 0 Å². The van der Waals surface area contributed by atoms with Crippen LogP contribution in [0.3, 0.4) is 0 Å². The highest BCUT2D eigenvalue weighted by Gasteiger charge is 2.24. The quantitative estimate of drug-likeness (QED) is 0.531. The van der Waals surface area contributed by atoms with Crippen molar-refractivity contribution in [3.8, 4) is 5.88 Å². The number of hydrogen-bond acceptors (Lipinski definition) is 2. The molecular weight excluding hydrogens is 360 g/mol. The van der Waals surface area contributed by atoms with Gasteiger partial charge in [-0.25, -0.2) is 4.79 Å². The lowest BCUT2D eigenvalue weighted by Crippen LogP contribution is -2.42. The Labute approximate surface area is 169 Å². The minimum atomic E-state index is -0.187. The van der Waals surface area contributed by atoms with Crippen molar-refractivity contribution in [3.63, 3.8) is 0 Å². The lowest BCUT2D eigenvalue weighted by molar-refractivity contribution is -0.671. The molecule has 0 amide bonds. The molecule has 0 saturated carbocycles. The number of pyridine rings is 1. The minimum absolute atomic E-state index is 0.0193. The summed E-state index contributed by atoms with van der Waals surface area (Å²) in [5.41, 5.74) is 3.91. The van der Waals surface area contributed by atoms with Crippen LogP contribution in [0.25, 0.3) is 11.7 Å². The number of aromatic nitrogens is 2. The van der Waals surface area contributed by atoms with E-state index in [4.69, 9.17) is 0 Å². The third kappa shape index (κ3) is 3.83. The maximum Gasteiger partial charge on any atom is 0.349 e. The normalized spacial score (nSPS) is 11.3. The van der Waals surface area contributed by atoms with Crippen molar-refractivity contribution in [2.75, 3.05) is 0 Å². The van der Waals surface area contributed by atoms with E-state index in [-0.39, 0.29) is 11.4 Å². The maximum atomic E-state index is 13.1. The zero-order valence-corrected chi connectivity index (χ0v) is 16.3. The van der Waals surface area contributed by atoms with E-state index in [1.54, 1.807) is 15.2 Å². The van der Waals surface area contributed by atoms with Gasteiger partial charge in [0.15, 0.2) is 0 Å². The molecule has 2 aromatic heterocycles. The minimum Gasteiger partial charge on any atom is -0.477 e. The third-order valence-corrected chi connectivity index (χ3v) is 5.04. The molecule has 0 fully saturated rings. The monoisotopic (exact) mass is 383 g/mol. The summed E-state index contributed by atoms with van der Waals surface area (Å²) >= 11 is 0. The summed E-state index contributed by atoms with van der Waals surface area (Å²) < 4.78 is 3.43. The Morgan fingerprint density at radius 3 is 2.38 bits per heavy atom. The first-order chi connectivity index (χ1) is 14.1. The van der Waals surface area contributed by atoms with Gasteiger partial charge in [-0.2, -0.15) is 8.97 Å². The molecule has 4 nitrogen and oxygen atoms in total. The predicted octanol–water partition coefficient (Wildman–Crippen LogP) is 3.91. The van der Waals surface area contributed by atoms with Gasteiger partial charge in [-0.15, -0.1) is 0 Å². The van der Waals surface area contributed by atoms with Crippen LogP contribution in [0, 0.1) is 6.92 Å². The zero-order chi connectivity index (χ0) is 20.2. The molecule has 0 radical (unpaired) electrons. The van der Waals surface area contributed by atoms with Gasteiger partial charge in [0.2, 0.25) is 0 Å². The van der Waals surface area contributed by atoms with Gasteiger partial charge in [-0.1, -0.05) is 66.7 Å². The average molecular weight is 383 g/mol. The topological polar surface area (TPSA) is 45.6 Å². The van der Waals surface area contributed by atoms with Crippen molar-refractivity contribution < 1.29 is 9.67 Å². The van der Waals surface area contributed by atoms with E-state index in [1.807, 2.05) is 91.9 Å². The van der Waals surface area contributed by atoms with Crippen LogP contribution in [0.4, 0.5) is 0 Å². The lowest BCUT2D eigenvalue weighted by Gasteiger charge is -2.10. The van der Waals surface area contributed by atoms with Gasteiger partial charge in [0.05, 0.1) is 6.20 Å². The number of fused-ring (bicyclic) bond motifs is 1. The molecule has 0 aliphatic heterocycles. The van der Waals surface area contributed by atoms with Crippen LogP contribution < -0.4 is 10.1 Å². The molecule has 0 aliphatic carbocycles. The summed E-state index contributed by atoms with van der Waals surface area (Å²) in [5, 5.41) is 11.1. The SMILES string of the molecule is Cc1cccn2c(=O)c(Cc3ccccc3)c(O)[n+](CC=Cc3ccccc3)c12. The number of aromatic hydroxyl groups is 1. The molecule has 2 heterocycles. The van der Waals surface area contributed by atoms with Gasteiger partial charge in [-0.05, 0) is 36.3 Å². The van der Waals surface area contributed by atoms with Crippen molar-refractivity contribution in [1.29, 1.82) is 0 Å². The summed E-state index contributed by atoms with van der Waals surface area (Å²) in [7, 11) is 0. The van der Waals surface area contributed by atoms with Gasteiger partial charge in [0, 0.05) is 12.0 Å². The molecule has 0 unspecified atom stereocenters. The molecule has 2 aromatic carbocycles. The Morgan fingerprint density at radius 1 is 0.966 bits per heavy atom. The van der Waals surface area contributed by atoms with E-state index in [9.17, 15) is 9.90 Å². The van der Waals surface area contributed by atoms with Crippen molar-refractivity contribution >= 4 is 11.7 Å². The molecule has 1 N–H and O–H groups in total. The first-order valence-corrected chi connectivity index (χ1v) is 9.66. The van der Waals surface area contributed by atoms with Crippen molar-refractivity contribution in [3.05, 3.63) is 118 Å². The van der Waals surface area contributed by atoms with Gasteiger partial charge in [0.25, 0.3) is 11.5 Å². The molecule has 144 valence electrons. The van der Waals surface area contributed by atoms with Crippen LogP contribution in [-0.4, -0.2) is 9.51 Å². The number of rotatable bonds is 5. The molecule has 0 spiro atoms. The zero-order valence-electron chi connectivity index (χ0n) is 16.3. The molecular formula is C25H23N2O2+. The molecule has 4 rings (SSSR count). The Morgan fingerprint density at radius 2 is 1.66 bits per heavy atom. The first kappa shape index (κ1) is 18.7. The molecule has 0 atom stereocenters. The highest BCUT2D eigenvalue weighted by Crippen LogP contribution is 2.16. The fraction of sp³-hybridized carbons (Fsp3) is 0.120. The van der Waals surface area contributed by atoms with E-state index < -0.39 is 0 Å². The van der Waals surface area contributed by atoms with E-state index in [0.717, 1.165) is 16.7 Å². The molecule has 0 saturated heterocycles. The van der Waals surface area contributed by atoms with Gasteiger partial charge < -0.3 is 5.11 Å². The Balaban J connectivity index is 1.83. The van der Waals surface area contributed by atoms with Crippen LogP contribution in [0.15, 0.2) is 89.9 Å². The highest BCUT2D eigenvalue weighted by atomic mass is 16.3. The summed E-state index contributed by atoms with van der Waals surface area (Å²) in [5.74, 6) is 0.0193. The molecule has 0 bridgehead atoms. The number of aryl methyl sites for hydroxylation is 1. The molecule has 29 heavy (non-hydrogen) atoms. The van der Waals surface area contributed by atoms with Crippen molar-refractivity contribution in [2.24, 2.45) is 0 Å². The fourth-order valence-electron chi connectivity index (χ4n) is 3.61. The van der Waals surface area contributed by atoms with Crippen LogP contribution in [0.2, 0.25) is 0 Å². The van der Waals surface area contributed by atoms with Crippen LogP contribution in [-0.2, 0) is 13.0 Å². The Bertz CT molecular complexity index is 1230. The standard InChI is InChI=1S/C25H22N2O2/c1-19-10-8-16-26-23(19)27(17-9-15-20-11-4-2-5-12-20)25(29)22(24(26)28)18-21-13-6-3-7-14-21/h2-16H,17-18H2,1H3/p+1. The van der Waals surface area contributed by atoms with Crippen molar-refractivity contribution in [2.45, 2.75) is 19.9 Å². The number of hydrogen-bond donors (Lipinski definition) is 1. The van der Waals surface area contributed by atoms with Crippen molar-refractivity contribution in [1.82, 2.24) is 4.40 Å². The van der Waals surface area contributed by atoms with Gasteiger partial charge in [0.1, 0.15) is 12.1 Å². The molecule has 4 heteroatoms. The summed E-state index contributed by atoms with van der Waals surface area (Å²) in [6.45, 7) is 2.40. The van der Waals surface area contributed by atoms with E-state index >= 15 is 0 Å². The number of benzene rings is 2. The van der Waals surface area contributed by atoms with E-state index in [0.29, 0.717) is 24.2 Å². The third-order valence-electron chi connectivity index (χ3n) is 5.04. The van der Waals surface area contributed by atoms with Crippen LogP contribution in [0.5, 0.6) is 5.88 Å². The summed E-state index contributed by atoms with van der Waals surface area (Å²) in [4.78, 5) is 13.1. The second kappa shape index (κ2) is 8.15. The largest absolute Gasteiger partial charge is 0.477 e. The Hall–Kier alpha value is -3.66. The van der Waals surface area contributed by atoms with Gasteiger partial charge >= 0.3 is 5.56 Å². The maximum absolute atomic E-state index is 13.1. The smallest absolute Gasteiger partial charge is 0.349 e.